The molecule has 0 aromatic carbocycles. The van der Waals surface area contributed by atoms with Crippen LogP contribution in [-0.4, -0.2) is 25.7 Å². The molecule has 3 rings (SSSR count). The molecule has 0 aliphatic carbocycles. The highest BCUT2D eigenvalue weighted by atomic mass is 16.4. The molecular formula is C12H9N3O3. The van der Waals surface area contributed by atoms with Crippen molar-refractivity contribution in [1.29, 1.82) is 0 Å². The summed E-state index contributed by atoms with van der Waals surface area (Å²) in [5.41, 5.74) is 1.82. The Labute approximate surface area is 101 Å². The first-order chi connectivity index (χ1) is 8.65. The highest BCUT2D eigenvalue weighted by Gasteiger charge is 2.13. The molecule has 0 radical (unpaired) electrons. The number of nitrogens with zero attached hydrogens (tertiary/aromatic N) is 3. The summed E-state index contributed by atoms with van der Waals surface area (Å²) in [6.07, 6.45) is 1.56. The van der Waals surface area contributed by atoms with Crippen LogP contribution in [0, 0.1) is 6.92 Å². The van der Waals surface area contributed by atoms with Gasteiger partial charge in [0.1, 0.15) is 5.69 Å². The molecule has 0 aliphatic rings. The quantitative estimate of drug-likeness (QED) is 0.744. The average molecular weight is 243 g/mol. The largest absolute Gasteiger partial charge is 0.477 e. The van der Waals surface area contributed by atoms with Gasteiger partial charge in [-0.05, 0) is 25.1 Å². The van der Waals surface area contributed by atoms with E-state index < -0.39 is 5.97 Å². The number of hydrogen-bond donors (Lipinski definition) is 1. The summed E-state index contributed by atoms with van der Waals surface area (Å²) in [6, 6.07) is 6.73. The van der Waals surface area contributed by atoms with E-state index in [2.05, 4.69) is 10.1 Å². The van der Waals surface area contributed by atoms with Crippen LogP contribution in [0.1, 0.15) is 16.2 Å². The molecule has 3 heterocycles. The molecule has 18 heavy (non-hydrogen) atoms. The maximum atomic E-state index is 10.9. The highest BCUT2D eigenvalue weighted by Crippen LogP contribution is 2.20. The third kappa shape index (κ3) is 1.55. The SMILES string of the molecule is Cc1cc(C(=O)O)nc2cc(-c3ccco3)nn12. The molecular weight excluding hydrogens is 234 g/mol. The summed E-state index contributed by atoms with van der Waals surface area (Å²) in [4.78, 5) is 14.9. The highest BCUT2D eigenvalue weighted by molar-refractivity contribution is 5.86. The van der Waals surface area contributed by atoms with E-state index >= 15 is 0 Å². The molecule has 90 valence electrons. The van der Waals surface area contributed by atoms with E-state index in [1.165, 1.54) is 6.07 Å². The van der Waals surface area contributed by atoms with Gasteiger partial charge in [-0.3, -0.25) is 0 Å². The third-order valence-corrected chi connectivity index (χ3v) is 2.60. The van der Waals surface area contributed by atoms with Gasteiger partial charge in [0.2, 0.25) is 0 Å². The number of carboxylic acids is 1. The van der Waals surface area contributed by atoms with Crippen molar-refractivity contribution in [2.75, 3.05) is 0 Å². The predicted octanol–water partition coefficient (Wildman–Crippen LogP) is 2.00. The smallest absolute Gasteiger partial charge is 0.354 e. The summed E-state index contributed by atoms with van der Waals surface area (Å²) >= 11 is 0. The number of carbonyl (C=O) groups is 1. The van der Waals surface area contributed by atoms with Gasteiger partial charge < -0.3 is 9.52 Å². The van der Waals surface area contributed by atoms with Crippen LogP contribution in [0.15, 0.2) is 34.9 Å². The van der Waals surface area contributed by atoms with Crippen LogP contribution < -0.4 is 0 Å². The third-order valence-electron chi connectivity index (χ3n) is 2.60. The first-order valence-electron chi connectivity index (χ1n) is 5.30. The number of furan rings is 1. The predicted molar refractivity (Wildman–Crippen MR) is 62.4 cm³/mol. The number of aromatic nitrogens is 3. The number of aromatic carboxylic acids is 1. The van der Waals surface area contributed by atoms with Crippen molar-refractivity contribution in [3.8, 4) is 11.5 Å². The Hall–Kier alpha value is -2.63. The van der Waals surface area contributed by atoms with Crippen LogP contribution in [-0.2, 0) is 0 Å². The van der Waals surface area contributed by atoms with E-state index in [9.17, 15) is 4.79 Å². The maximum absolute atomic E-state index is 10.9. The van der Waals surface area contributed by atoms with Crippen LogP contribution in [0.5, 0.6) is 0 Å². The molecule has 0 bridgehead atoms. The topological polar surface area (TPSA) is 80.6 Å². The Morgan fingerprint density at radius 2 is 2.28 bits per heavy atom. The first-order valence-corrected chi connectivity index (χ1v) is 5.30. The van der Waals surface area contributed by atoms with Crippen molar-refractivity contribution in [3.63, 3.8) is 0 Å². The Kier molecular flexibility index (Phi) is 2.16. The van der Waals surface area contributed by atoms with Crippen molar-refractivity contribution < 1.29 is 14.3 Å². The van der Waals surface area contributed by atoms with Gasteiger partial charge in [-0.2, -0.15) is 5.10 Å². The molecule has 0 spiro atoms. The molecule has 0 aliphatic heterocycles. The van der Waals surface area contributed by atoms with Crippen molar-refractivity contribution in [3.05, 3.63) is 41.9 Å². The van der Waals surface area contributed by atoms with Gasteiger partial charge in [0, 0.05) is 11.8 Å². The maximum Gasteiger partial charge on any atom is 0.354 e. The molecule has 0 unspecified atom stereocenters. The number of hydrogen-bond acceptors (Lipinski definition) is 4. The Balaban J connectivity index is 2.23. The van der Waals surface area contributed by atoms with Gasteiger partial charge in [-0.25, -0.2) is 14.3 Å². The van der Waals surface area contributed by atoms with Crippen LogP contribution in [0.25, 0.3) is 17.1 Å². The summed E-state index contributed by atoms with van der Waals surface area (Å²) in [5, 5.41) is 13.3. The second kappa shape index (κ2) is 3.69. The molecule has 0 saturated heterocycles. The van der Waals surface area contributed by atoms with Crippen LogP contribution in [0.3, 0.4) is 0 Å². The molecule has 0 atom stereocenters. The summed E-state index contributed by atoms with van der Waals surface area (Å²) in [7, 11) is 0. The lowest BCUT2D eigenvalue weighted by Crippen LogP contribution is -2.05. The molecule has 0 fully saturated rings. The van der Waals surface area contributed by atoms with Crippen molar-refractivity contribution >= 4 is 11.6 Å². The lowest BCUT2D eigenvalue weighted by Gasteiger charge is -1.99. The number of rotatable bonds is 2. The molecule has 3 aromatic rings. The lowest BCUT2D eigenvalue weighted by atomic mass is 10.3. The van der Waals surface area contributed by atoms with Gasteiger partial charge >= 0.3 is 5.97 Å². The fraction of sp³-hybridized carbons (Fsp3) is 0.0833. The van der Waals surface area contributed by atoms with Gasteiger partial charge in [-0.15, -0.1) is 0 Å². The lowest BCUT2D eigenvalue weighted by molar-refractivity contribution is 0.0690. The second-order valence-corrected chi connectivity index (χ2v) is 3.86. The zero-order chi connectivity index (χ0) is 12.7. The Morgan fingerprint density at radius 1 is 1.44 bits per heavy atom. The van der Waals surface area contributed by atoms with Gasteiger partial charge in [0.25, 0.3) is 0 Å². The van der Waals surface area contributed by atoms with E-state index in [-0.39, 0.29) is 5.69 Å². The second-order valence-electron chi connectivity index (χ2n) is 3.86. The monoisotopic (exact) mass is 243 g/mol. The van der Waals surface area contributed by atoms with E-state index in [0.717, 1.165) is 0 Å². The molecule has 0 amide bonds. The summed E-state index contributed by atoms with van der Waals surface area (Å²) < 4.78 is 6.83. The summed E-state index contributed by atoms with van der Waals surface area (Å²) in [5.74, 6) is -0.432. The van der Waals surface area contributed by atoms with Crippen molar-refractivity contribution in [1.82, 2.24) is 14.6 Å². The minimum Gasteiger partial charge on any atom is -0.477 e. The molecule has 1 N–H and O–H groups in total. The van der Waals surface area contributed by atoms with Gasteiger partial charge in [0.15, 0.2) is 17.1 Å². The van der Waals surface area contributed by atoms with Gasteiger partial charge in [0.05, 0.1) is 6.26 Å². The van der Waals surface area contributed by atoms with Crippen LogP contribution in [0.2, 0.25) is 0 Å². The van der Waals surface area contributed by atoms with Crippen molar-refractivity contribution in [2.45, 2.75) is 6.92 Å². The first kappa shape index (κ1) is 10.5. The van der Waals surface area contributed by atoms with E-state index in [1.54, 1.807) is 35.9 Å². The Morgan fingerprint density at radius 3 is 2.94 bits per heavy atom. The molecule has 6 heteroatoms. The number of fused-ring (bicyclic) bond motifs is 1. The minimum absolute atomic E-state index is 0.00546. The molecule has 3 aromatic heterocycles. The standard InChI is InChI=1S/C12H9N3O3/c1-7-5-9(12(16)17)13-11-6-8(14-15(7)11)10-3-2-4-18-10/h2-6H,1H3,(H,16,17). The normalized spacial score (nSPS) is 10.9. The number of carboxylic acid groups (broad SMARTS) is 1. The van der Waals surface area contributed by atoms with Crippen LogP contribution >= 0.6 is 0 Å². The van der Waals surface area contributed by atoms with E-state index in [1.807, 2.05) is 0 Å². The zero-order valence-corrected chi connectivity index (χ0v) is 9.49. The molecule has 0 saturated carbocycles. The minimum atomic E-state index is -1.05. The molecule has 6 nitrogen and oxygen atoms in total. The fourth-order valence-corrected chi connectivity index (χ4v) is 1.78. The van der Waals surface area contributed by atoms with Gasteiger partial charge in [-0.1, -0.05) is 0 Å². The number of aryl methyl sites for hydroxylation is 1. The summed E-state index contributed by atoms with van der Waals surface area (Å²) in [6.45, 7) is 1.78. The van der Waals surface area contributed by atoms with Crippen LogP contribution in [0.4, 0.5) is 0 Å². The van der Waals surface area contributed by atoms with E-state index in [4.69, 9.17) is 9.52 Å². The van der Waals surface area contributed by atoms with E-state index in [0.29, 0.717) is 22.8 Å². The average Bonchev–Trinajstić information content (AvgIpc) is 2.96. The fourth-order valence-electron chi connectivity index (χ4n) is 1.78. The van der Waals surface area contributed by atoms with Crippen molar-refractivity contribution in [2.24, 2.45) is 0 Å². The Bertz CT molecular complexity index is 728. The zero-order valence-electron chi connectivity index (χ0n) is 9.49.